The molecule has 1 aromatic rings. The Kier molecular flexibility index (Phi) is 2.84. The molecule has 3 rings (SSSR count). The molecule has 0 radical (unpaired) electrons. The summed E-state index contributed by atoms with van der Waals surface area (Å²) in [5, 5.41) is 0. The molecule has 2 saturated heterocycles. The molecule has 5 heteroatoms. The van der Waals surface area contributed by atoms with Crippen molar-refractivity contribution >= 4 is 11.8 Å². The number of furan rings is 1. The summed E-state index contributed by atoms with van der Waals surface area (Å²) < 4.78 is 4.94. The van der Waals surface area contributed by atoms with Crippen LogP contribution in [0.15, 0.2) is 23.0 Å². The summed E-state index contributed by atoms with van der Waals surface area (Å²) in [6.07, 6.45) is 5.46. The lowest BCUT2D eigenvalue weighted by atomic mass is 9.77. The fraction of sp³-hybridized carbons (Fsp3) is 0.571. The normalized spacial score (nSPS) is 22.3. The maximum absolute atomic E-state index is 12.2. The highest BCUT2D eigenvalue weighted by atomic mass is 16.3. The SMILES string of the molecule is CN1CCC2(CCN(C(=O)c3ccoc3)CC2)C1=O. The third-order valence-electron chi connectivity index (χ3n) is 4.50. The van der Waals surface area contributed by atoms with Gasteiger partial charge in [0.1, 0.15) is 6.26 Å². The molecule has 0 aliphatic carbocycles. The Bertz CT molecular complexity index is 487. The molecule has 2 aliphatic heterocycles. The summed E-state index contributed by atoms with van der Waals surface area (Å²) >= 11 is 0. The predicted octanol–water partition coefficient (Wildman–Crippen LogP) is 1.36. The lowest BCUT2D eigenvalue weighted by Gasteiger charge is -2.37. The van der Waals surface area contributed by atoms with Gasteiger partial charge in [0.15, 0.2) is 0 Å². The fourth-order valence-electron chi connectivity index (χ4n) is 3.17. The first-order valence-electron chi connectivity index (χ1n) is 6.69. The third kappa shape index (κ3) is 1.93. The van der Waals surface area contributed by atoms with Crippen LogP contribution in [-0.4, -0.2) is 48.3 Å². The van der Waals surface area contributed by atoms with Gasteiger partial charge in [-0.3, -0.25) is 9.59 Å². The lowest BCUT2D eigenvalue weighted by molar-refractivity contribution is -0.137. The number of likely N-dealkylation sites (tertiary alicyclic amines) is 2. The Morgan fingerprint density at radius 1 is 1.26 bits per heavy atom. The molecule has 0 saturated carbocycles. The molecule has 0 unspecified atom stereocenters. The van der Waals surface area contributed by atoms with Crippen LogP contribution >= 0.6 is 0 Å². The van der Waals surface area contributed by atoms with E-state index in [1.807, 2.05) is 16.8 Å². The zero-order valence-corrected chi connectivity index (χ0v) is 11.1. The number of amides is 2. The van der Waals surface area contributed by atoms with Gasteiger partial charge in [-0.05, 0) is 25.3 Å². The smallest absolute Gasteiger partial charge is 0.257 e. The highest BCUT2D eigenvalue weighted by Crippen LogP contribution is 2.41. The zero-order chi connectivity index (χ0) is 13.5. The van der Waals surface area contributed by atoms with Crippen molar-refractivity contribution in [2.75, 3.05) is 26.7 Å². The number of rotatable bonds is 1. The molecule has 0 atom stereocenters. The fourth-order valence-corrected chi connectivity index (χ4v) is 3.17. The summed E-state index contributed by atoms with van der Waals surface area (Å²) in [6, 6.07) is 1.68. The van der Waals surface area contributed by atoms with Gasteiger partial charge in [-0.15, -0.1) is 0 Å². The molecule has 102 valence electrons. The van der Waals surface area contributed by atoms with Crippen LogP contribution in [0, 0.1) is 5.41 Å². The van der Waals surface area contributed by atoms with Crippen LogP contribution < -0.4 is 0 Å². The average Bonchev–Trinajstić information content (AvgIpc) is 3.05. The summed E-state index contributed by atoms with van der Waals surface area (Å²) in [6.45, 7) is 2.15. The monoisotopic (exact) mass is 262 g/mol. The molecule has 0 aromatic carbocycles. The van der Waals surface area contributed by atoms with Gasteiger partial charge >= 0.3 is 0 Å². The number of piperidine rings is 1. The maximum atomic E-state index is 12.2. The van der Waals surface area contributed by atoms with Gasteiger partial charge < -0.3 is 14.2 Å². The van der Waals surface area contributed by atoms with Crippen LogP contribution in [0.1, 0.15) is 29.6 Å². The van der Waals surface area contributed by atoms with Crippen molar-refractivity contribution in [3.05, 3.63) is 24.2 Å². The molecule has 19 heavy (non-hydrogen) atoms. The largest absolute Gasteiger partial charge is 0.472 e. The zero-order valence-electron chi connectivity index (χ0n) is 11.1. The molecular weight excluding hydrogens is 244 g/mol. The first-order valence-corrected chi connectivity index (χ1v) is 6.69. The minimum Gasteiger partial charge on any atom is -0.472 e. The Labute approximate surface area is 112 Å². The first-order chi connectivity index (χ1) is 9.12. The highest BCUT2D eigenvalue weighted by molar-refractivity contribution is 5.94. The molecule has 1 spiro atoms. The van der Waals surface area contributed by atoms with Crippen molar-refractivity contribution < 1.29 is 14.0 Å². The molecule has 2 amide bonds. The van der Waals surface area contributed by atoms with E-state index in [1.54, 1.807) is 6.07 Å². The van der Waals surface area contributed by atoms with Crippen LogP contribution in [0.2, 0.25) is 0 Å². The average molecular weight is 262 g/mol. The maximum Gasteiger partial charge on any atom is 0.257 e. The van der Waals surface area contributed by atoms with E-state index in [0.717, 1.165) is 25.8 Å². The van der Waals surface area contributed by atoms with Crippen LogP contribution in [0.5, 0.6) is 0 Å². The van der Waals surface area contributed by atoms with E-state index in [9.17, 15) is 9.59 Å². The van der Waals surface area contributed by atoms with E-state index in [0.29, 0.717) is 18.7 Å². The Balaban J connectivity index is 1.67. The standard InChI is InChI=1S/C14H18N2O3/c1-15-6-3-14(13(15)18)4-7-16(8-5-14)12(17)11-2-9-19-10-11/h2,9-10H,3-8H2,1H3. The second-order valence-corrected chi connectivity index (χ2v) is 5.56. The van der Waals surface area contributed by atoms with E-state index in [2.05, 4.69) is 0 Å². The Morgan fingerprint density at radius 2 is 1.95 bits per heavy atom. The molecule has 0 bridgehead atoms. The second kappa shape index (κ2) is 4.40. The van der Waals surface area contributed by atoms with E-state index in [4.69, 9.17) is 4.42 Å². The van der Waals surface area contributed by atoms with Crippen molar-refractivity contribution in [2.45, 2.75) is 19.3 Å². The lowest BCUT2D eigenvalue weighted by Crippen LogP contribution is -2.46. The van der Waals surface area contributed by atoms with Crippen molar-refractivity contribution in [3.8, 4) is 0 Å². The highest BCUT2D eigenvalue weighted by Gasteiger charge is 2.47. The molecule has 0 N–H and O–H groups in total. The van der Waals surface area contributed by atoms with Crippen molar-refractivity contribution in [1.82, 2.24) is 9.80 Å². The molecule has 5 nitrogen and oxygen atoms in total. The van der Waals surface area contributed by atoms with E-state index in [1.165, 1.54) is 12.5 Å². The van der Waals surface area contributed by atoms with Gasteiger partial charge in [0.05, 0.1) is 17.2 Å². The van der Waals surface area contributed by atoms with Crippen molar-refractivity contribution in [2.24, 2.45) is 5.41 Å². The summed E-state index contributed by atoms with van der Waals surface area (Å²) in [4.78, 5) is 28.0. The van der Waals surface area contributed by atoms with Crippen LogP contribution in [0.3, 0.4) is 0 Å². The number of nitrogens with zero attached hydrogens (tertiary/aromatic N) is 2. The molecule has 3 heterocycles. The minimum absolute atomic E-state index is 0.00222. The first kappa shape index (κ1) is 12.3. The van der Waals surface area contributed by atoms with Gasteiger partial charge in [0.2, 0.25) is 5.91 Å². The van der Waals surface area contributed by atoms with E-state index >= 15 is 0 Å². The Morgan fingerprint density at radius 3 is 2.47 bits per heavy atom. The molecule has 2 aliphatic rings. The predicted molar refractivity (Wildman–Crippen MR) is 68.5 cm³/mol. The van der Waals surface area contributed by atoms with Crippen LogP contribution in [0.25, 0.3) is 0 Å². The van der Waals surface area contributed by atoms with Gasteiger partial charge in [-0.25, -0.2) is 0 Å². The molecular formula is C14H18N2O3. The summed E-state index contributed by atoms with van der Waals surface area (Å²) in [5.74, 6) is 0.255. The second-order valence-electron chi connectivity index (χ2n) is 5.56. The van der Waals surface area contributed by atoms with E-state index in [-0.39, 0.29) is 17.2 Å². The topological polar surface area (TPSA) is 53.8 Å². The quantitative estimate of drug-likeness (QED) is 0.768. The van der Waals surface area contributed by atoms with Gasteiger partial charge in [0, 0.05) is 26.7 Å². The number of carbonyl (C=O) groups excluding carboxylic acids is 2. The van der Waals surface area contributed by atoms with Crippen LogP contribution in [-0.2, 0) is 4.79 Å². The number of hydrogen-bond donors (Lipinski definition) is 0. The molecule has 2 fully saturated rings. The van der Waals surface area contributed by atoms with E-state index < -0.39 is 0 Å². The van der Waals surface area contributed by atoms with Gasteiger partial charge in [-0.2, -0.15) is 0 Å². The molecule has 1 aromatic heterocycles. The third-order valence-corrected chi connectivity index (χ3v) is 4.50. The van der Waals surface area contributed by atoms with Crippen molar-refractivity contribution in [1.29, 1.82) is 0 Å². The number of hydrogen-bond acceptors (Lipinski definition) is 3. The van der Waals surface area contributed by atoms with Crippen LogP contribution in [0.4, 0.5) is 0 Å². The minimum atomic E-state index is -0.206. The summed E-state index contributed by atoms with van der Waals surface area (Å²) in [7, 11) is 1.86. The van der Waals surface area contributed by atoms with Gasteiger partial charge in [-0.1, -0.05) is 0 Å². The Hall–Kier alpha value is -1.78. The summed E-state index contributed by atoms with van der Waals surface area (Å²) in [5.41, 5.74) is 0.382. The number of carbonyl (C=O) groups is 2. The van der Waals surface area contributed by atoms with Gasteiger partial charge in [0.25, 0.3) is 5.91 Å². The van der Waals surface area contributed by atoms with Crippen molar-refractivity contribution in [3.63, 3.8) is 0 Å².